The number of hydrogen-bond donors (Lipinski definition) is 2. The topological polar surface area (TPSA) is 71.8 Å². The second kappa shape index (κ2) is 5.83. The van der Waals surface area contributed by atoms with Crippen molar-refractivity contribution < 1.29 is 4.79 Å². The Morgan fingerprint density at radius 3 is 3.05 bits per heavy atom. The first kappa shape index (κ1) is 12.8. The molecular weight excluding hydrogens is 254 g/mol. The van der Waals surface area contributed by atoms with Crippen molar-refractivity contribution in [2.24, 2.45) is 0 Å². The van der Waals surface area contributed by atoms with E-state index in [0.717, 1.165) is 31.7 Å². The zero-order chi connectivity index (χ0) is 13.8. The summed E-state index contributed by atoms with van der Waals surface area (Å²) in [5, 5.41) is 6.31. The van der Waals surface area contributed by atoms with E-state index in [1.165, 1.54) is 0 Å². The summed E-state index contributed by atoms with van der Waals surface area (Å²) in [5.74, 6) is 0.682. The van der Waals surface area contributed by atoms with Crippen LogP contribution in [0.2, 0.25) is 0 Å². The standard InChI is InChI=1S/C14H17N5O/c20-14(18-12-2-1-5-15-9-12)11-3-4-13(17-8-11)19-7-6-16-10-19/h3-4,6-8,10,12,15H,1-2,5,9H2,(H,18,20)/t12-/m0/s1. The summed E-state index contributed by atoms with van der Waals surface area (Å²) < 4.78 is 1.80. The van der Waals surface area contributed by atoms with Crippen molar-refractivity contribution in [2.75, 3.05) is 13.1 Å². The van der Waals surface area contributed by atoms with Crippen LogP contribution < -0.4 is 10.6 Å². The van der Waals surface area contributed by atoms with Crippen LogP contribution in [-0.4, -0.2) is 39.6 Å². The molecule has 0 aromatic carbocycles. The number of aromatic nitrogens is 3. The van der Waals surface area contributed by atoms with Crippen LogP contribution in [0.4, 0.5) is 0 Å². The third kappa shape index (κ3) is 2.85. The minimum atomic E-state index is -0.0663. The van der Waals surface area contributed by atoms with E-state index in [1.807, 2.05) is 12.3 Å². The number of piperidine rings is 1. The highest BCUT2D eigenvalue weighted by Gasteiger charge is 2.16. The quantitative estimate of drug-likeness (QED) is 0.864. The molecule has 3 rings (SSSR count). The number of carbonyl (C=O) groups excluding carboxylic acids is 1. The molecule has 2 aromatic rings. The first-order valence-electron chi connectivity index (χ1n) is 6.79. The molecule has 1 amide bonds. The molecule has 104 valence electrons. The van der Waals surface area contributed by atoms with Gasteiger partial charge in [-0.25, -0.2) is 9.97 Å². The number of rotatable bonds is 3. The number of nitrogens with one attached hydrogen (secondary N) is 2. The maximum Gasteiger partial charge on any atom is 0.253 e. The van der Waals surface area contributed by atoms with Crippen LogP contribution in [0.3, 0.4) is 0 Å². The average Bonchev–Trinajstić information content (AvgIpc) is 3.03. The Balaban J connectivity index is 1.66. The van der Waals surface area contributed by atoms with E-state index < -0.39 is 0 Å². The van der Waals surface area contributed by atoms with E-state index in [0.29, 0.717) is 5.56 Å². The summed E-state index contributed by atoms with van der Waals surface area (Å²) >= 11 is 0. The molecule has 0 saturated carbocycles. The van der Waals surface area contributed by atoms with Gasteiger partial charge in [0.25, 0.3) is 5.91 Å². The van der Waals surface area contributed by atoms with Crippen LogP contribution in [0.25, 0.3) is 5.82 Å². The van der Waals surface area contributed by atoms with E-state index in [1.54, 1.807) is 29.4 Å². The molecule has 2 N–H and O–H groups in total. The molecule has 1 aliphatic heterocycles. The van der Waals surface area contributed by atoms with Gasteiger partial charge >= 0.3 is 0 Å². The van der Waals surface area contributed by atoms with Gasteiger partial charge in [-0.05, 0) is 31.5 Å². The zero-order valence-corrected chi connectivity index (χ0v) is 11.1. The Hall–Kier alpha value is -2.21. The van der Waals surface area contributed by atoms with E-state index >= 15 is 0 Å². The second-order valence-electron chi connectivity index (χ2n) is 4.89. The van der Waals surface area contributed by atoms with Gasteiger partial charge in [0.1, 0.15) is 12.1 Å². The summed E-state index contributed by atoms with van der Waals surface area (Å²) in [5.41, 5.74) is 0.583. The molecule has 0 spiro atoms. The molecule has 1 saturated heterocycles. The fourth-order valence-electron chi connectivity index (χ4n) is 2.31. The lowest BCUT2D eigenvalue weighted by Gasteiger charge is -2.23. The Morgan fingerprint density at radius 1 is 1.45 bits per heavy atom. The first-order valence-corrected chi connectivity index (χ1v) is 6.79. The van der Waals surface area contributed by atoms with Crippen molar-refractivity contribution in [2.45, 2.75) is 18.9 Å². The van der Waals surface area contributed by atoms with Crippen LogP contribution in [0.1, 0.15) is 23.2 Å². The molecule has 0 unspecified atom stereocenters. The van der Waals surface area contributed by atoms with Gasteiger partial charge in [0.2, 0.25) is 0 Å². The number of imidazole rings is 1. The third-order valence-corrected chi connectivity index (χ3v) is 3.41. The lowest BCUT2D eigenvalue weighted by Crippen LogP contribution is -2.45. The largest absolute Gasteiger partial charge is 0.348 e. The number of amides is 1. The Bertz CT molecular complexity index is 558. The molecule has 0 aliphatic carbocycles. The van der Waals surface area contributed by atoms with Gasteiger partial charge in [-0.1, -0.05) is 0 Å². The van der Waals surface area contributed by atoms with Crippen molar-refractivity contribution in [3.63, 3.8) is 0 Å². The van der Waals surface area contributed by atoms with Crippen molar-refractivity contribution in [1.82, 2.24) is 25.2 Å². The lowest BCUT2D eigenvalue weighted by molar-refractivity contribution is 0.0930. The summed E-state index contributed by atoms with van der Waals surface area (Å²) in [4.78, 5) is 20.4. The number of hydrogen-bond acceptors (Lipinski definition) is 4. The van der Waals surface area contributed by atoms with Gasteiger partial charge in [0.15, 0.2) is 0 Å². The predicted octanol–water partition coefficient (Wildman–Crippen LogP) is 0.749. The highest BCUT2D eigenvalue weighted by Crippen LogP contribution is 2.07. The zero-order valence-electron chi connectivity index (χ0n) is 11.1. The maximum atomic E-state index is 12.1. The number of nitrogens with zero attached hydrogens (tertiary/aromatic N) is 3. The van der Waals surface area contributed by atoms with Gasteiger partial charge < -0.3 is 10.6 Å². The summed E-state index contributed by atoms with van der Waals surface area (Å²) in [6.07, 6.45) is 8.91. The summed E-state index contributed by atoms with van der Waals surface area (Å²) in [6.45, 7) is 1.87. The van der Waals surface area contributed by atoms with Crippen molar-refractivity contribution in [3.05, 3.63) is 42.6 Å². The van der Waals surface area contributed by atoms with E-state index in [2.05, 4.69) is 20.6 Å². The predicted molar refractivity (Wildman–Crippen MR) is 74.7 cm³/mol. The highest BCUT2D eigenvalue weighted by atomic mass is 16.1. The second-order valence-corrected chi connectivity index (χ2v) is 4.89. The van der Waals surface area contributed by atoms with E-state index in [9.17, 15) is 4.79 Å². The Morgan fingerprint density at radius 2 is 2.40 bits per heavy atom. The minimum Gasteiger partial charge on any atom is -0.348 e. The van der Waals surface area contributed by atoms with Gasteiger partial charge in [0, 0.05) is 31.2 Å². The van der Waals surface area contributed by atoms with Gasteiger partial charge in [0.05, 0.1) is 5.56 Å². The molecule has 1 atom stereocenters. The van der Waals surface area contributed by atoms with Crippen LogP contribution in [0, 0.1) is 0 Å². The van der Waals surface area contributed by atoms with Crippen molar-refractivity contribution >= 4 is 5.91 Å². The van der Waals surface area contributed by atoms with Crippen LogP contribution >= 0.6 is 0 Å². The van der Waals surface area contributed by atoms with E-state index in [-0.39, 0.29) is 11.9 Å². The van der Waals surface area contributed by atoms with Gasteiger partial charge in [-0.3, -0.25) is 9.36 Å². The molecule has 0 bridgehead atoms. The monoisotopic (exact) mass is 271 g/mol. The van der Waals surface area contributed by atoms with Gasteiger partial charge in [-0.15, -0.1) is 0 Å². The van der Waals surface area contributed by atoms with Gasteiger partial charge in [-0.2, -0.15) is 0 Å². The SMILES string of the molecule is O=C(N[C@H]1CCCNC1)c1ccc(-n2ccnc2)nc1. The maximum absolute atomic E-state index is 12.1. The Kier molecular flexibility index (Phi) is 3.73. The molecule has 2 aromatic heterocycles. The molecule has 6 heteroatoms. The molecule has 3 heterocycles. The summed E-state index contributed by atoms with van der Waals surface area (Å²) in [7, 11) is 0. The lowest BCUT2D eigenvalue weighted by atomic mass is 10.1. The molecule has 1 fully saturated rings. The van der Waals surface area contributed by atoms with Crippen LogP contribution in [-0.2, 0) is 0 Å². The average molecular weight is 271 g/mol. The van der Waals surface area contributed by atoms with Crippen LogP contribution in [0.5, 0.6) is 0 Å². The number of pyridine rings is 1. The minimum absolute atomic E-state index is 0.0663. The third-order valence-electron chi connectivity index (χ3n) is 3.41. The Labute approximate surface area is 117 Å². The van der Waals surface area contributed by atoms with Crippen LogP contribution in [0.15, 0.2) is 37.1 Å². The molecular formula is C14H17N5O. The molecule has 20 heavy (non-hydrogen) atoms. The van der Waals surface area contributed by atoms with E-state index in [4.69, 9.17) is 0 Å². The summed E-state index contributed by atoms with van der Waals surface area (Å²) in [6, 6.07) is 3.81. The molecule has 1 aliphatic rings. The molecule has 0 radical (unpaired) electrons. The highest BCUT2D eigenvalue weighted by molar-refractivity contribution is 5.94. The smallest absolute Gasteiger partial charge is 0.253 e. The fraction of sp³-hybridized carbons (Fsp3) is 0.357. The normalized spacial score (nSPS) is 18.7. The van der Waals surface area contributed by atoms with Crippen molar-refractivity contribution in [1.29, 1.82) is 0 Å². The number of carbonyl (C=O) groups is 1. The molecule has 6 nitrogen and oxygen atoms in total. The fourth-order valence-corrected chi connectivity index (χ4v) is 2.31. The van der Waals surface area contributed by atoms with Crippen molar-refractivity contribution in [3.8, 4) is 5.82 Å². The first-order chi connectivity index (χ1) is 9.83.